The third-order valence-corrected chi connectivity index (χ3v) is 4.61. The Morgan fingerprint density at radius 1 is 1.43 bits per heavy atom. The highest BCUT2D eigenvalue weighted by Gasteiger charge is 2.37. The number of hydrogen-bond acceptors (Lipinski definition) is 4. The average molecular weight is 290 g/mol. The van der Waals surface area contributed by atoms with Gasteiger partial charge in [-0.2, -0.15) is 0 Å². The third-order valence-electron chi connectivity index (χ3n) is 4.61. The Balaban J connectivity index is 1.64. The van der Waals surface area contributed by atoms with Gasteiger partial charge in [0.15, 0.2) is 0 Å². The second kappa shape index (κ2) is 5.89. The number of nitrogens with zero attached hydrogens (tertiary/aromatic N) is 3. The first kappa shape index (κ1) is 14.1. The molecule has 1 aromatic heterocycles. The fraction of sp³-hybridized carbons (Fsp3) is 0.600. The fourth-order valence-corrected chi connectivity index (χ4v) is 3.45. The topological polar surface area (TPSA) is 57.7 Å². The molecule has 21 heavy (non-hydrogen) atoms. The third kappa shape index (κ3) is 2.81. The Labute approximate surface area is 125 Å². The van der Waals surface area contributed by atoms with Gasteiger partial charge in [-0.3, -0.25) is 0 Å². The molecule has 0 bridgehead atoms. The van der Waals surface area contributed by atoms with E-state index in [9.17, 15) is 4.79 Å². The van der Waals surface area contributed by atoms with Crippen LogP contribution in [-0.4, -0.2) is 60.6 Å². The van der Waals surface area contributed by atoms with Crippen molar-refractivity contribution < 1.29 is 9.53 Å². The molecule has 1 N–H and O–H groups in total. The van der Waals surface area contributed by atoms with E-state index in [2.05, 4.69) is 22.2 Å². The summed E-state index contributed by atoms with van der Waals surface area (Å²) in [4.78, 5) is 20.9. The molecule has 2 fully saturated rings. The van der Waals surface area contributed by atoms with E-state index in [1.165, 1.54) is 6.42 Å². The van der Waals surface area contributed by atoms with Gasteiger partial charge in [0, 0.05) is 25.3 Å². The van der Waals surface area contributed by atoms with E-state index in [1.54, 1.807) is 25.4 Å². The molecule has 3 heterocycles. The summed E-state index contributed by atoms with van der Waals surface area (Å²) >= 11 is 0. The predicted molar refractivity (Wildman–Crippen MR) is 80.5 cm³/mol. The zero-order valence-electron chi connectivity index (χ0n) is 12.6. The Kier molecular flexibility index (Phi) is 3.96. The van der Waals surface area contributed by atoms with Gasteiger partial charge in [-0.1, -0.05) is 0 Å². The van der Waals surface area contributed by atoms with E-state index < -0.39 is 0 Å². The molecule has 0 aliphatic carbocycles. The number of anilines is 1. The molecule has 0 aromatic carbocycles. The number of carbonyl (C=O) groups excluding carboxylic acids is 1. The van der Waals surface area contributed by atoms with Gasteiger partial charge in [0.25, 0.3) is 0 Å². The molecule has 2 atom stereocenters. The molecule has 2 aliphatic rings. The Hall–Kier alpha value is -1.82. The lowest BCUT2D eigenvalue weighted by Gasteiger charge is -2.36. The molecule has 0 radical (unpaired) electrons. The van der Waals surface area contributed by atoms with Crippen molar-refractivity contribution in [3.05, 3.63) is 18.3 Å². The van der Waals surface area contributed by atoms with Crippen LogP contribution in [0.2, 0.25) is 0 Å². The first-order valence-electron chi connectivity index (χ1n) is 7.44. The van der Waals surface area contributed by atoms with Crippen LogP contribution in [0.4, 0.5) is 10.5 Å². The van der Waals surface area contributed by atoms with Gasteiger partial charge in [0.2, 0.25) is 5.88 Å². The van der Waals surface area contributed by atoms with E-state index in [4.69, 9.17) is 4.74 Å². The van der Waals surface area contributed by atoms with Gasteiger partial charge in [-0.05, 0) is 44.5 Å². The lowest BCUT2D eigenvalue weighted by Crippen LogP contribution is -2.48. The number of piperidine rings is 1. The van der Waals surface area contributed by atoms with Crippen molar-refractivity contribution in [3.63, 3.8) is 0 Å². The van der Waals surface area contributed by atoms with E-state index in [0.717, 1.165) is 26.1 Å². The highest BCUT2D eigenvalue weighted by Crippen LogP contribution is 2.30. The van der Waals surface area contributed by atoms with Crippen molar-refractivity contribution in [2.75, 3.05) is 39.1 Å². The molecule has 6 nitrogen and oxygen atoms in total. The van der Waals surface area contributed by atoms with Crippen LogP contribution >= 0.6 is 0 Å². The Bertz CT molecular complexity index is 522. The summed E-state index contributed by atoms with van der Waals surface area (Å²) in [6, 6.07) is 4.17. The highest BCUT2D eigenvalue weighted by molar-refractivity contribution is 5.90. The normalized spacial score (nSPS) is 25.5. The predicted octanol–water partition coefficient (Wildman–Crippen LogP) is 1.65. The van der Waals surface area contributed by atoms with Gasteiger partial charge in [-0.15, -0.1) is 0 Å². The number of likely N-dealkylation sites (tertiary alicyclic amines) is 2. The summed E-state index contributed by atoms with van der Waals surface area (Å²) in [6.07, 6.45) is 3.88. The van der Waals surface area contributed by atoms with E-state index in [-0.39, 0.29) is 6.03 Å². The minimum atomic E-state index is -0.0608. The number of carbonyl (C=O) groups is 1. The highest BCUT2D eigenvalue weighted by atomic mass is 16.5. The van der Waals surface area contributed by atoms with E-state index >= 15 is 0 Å². The number of amides is 2. The fourth-order valence-electron chi connectivity index (χ4n) is 3.45. The lowest BCUT2D eigenvalue weighted by molar-refractivity contribution is 0.140. The van der Waals surface area contributed by atoms with Gasteiger partial charge >= 0.3 is 6.03 Å². The summed E-state index contributed by atoms with van der Waals surface area (Å²) in [5.74, 6) is 1.05. The second-order valence-corrected chi connectivity index (χ2v) is 5.82. The number of methoxy groups -OCH3 is 1. The lowest BCUT2D eigenvalue weighted by atomic mass is 9.93. The van der Waals surface area contributed by atoms with Crippen LogP contribution in [-0.2, 0) is 0 Å². The number of aromatic nitrogens is 1. The summed E-state index contributed by atoms with van der Waals surface area (Å²) < 4.78 is 5.17. The minimum Gasteiger partial charge on any atom is -0.480 e. The number of urea groups is 1. The van der Waals surface area contributed by atoms with Crippen molar-refractivity contribution in [3.8, 4) is 5.88 Å². The quantitative estimate of drug-likeness (QED) is 0.900. The molecule has 0 saturated carbocycles. The zero-order chi connectivity index (χ0) is 14.8. The number of hydrogen-bond donors (Lipinski definition) is 1. The molecule has 0 spiro atoms. The number of nitrogens with one attached hydrogen (secondary N) is 1. The molecule has 3 rings (SSSR count). The Morgan fingerprint density at radius 3 is 3.10 bits per heavy atom. The number of rotatable bonds is 2. The molecule has 114 valence electrons. The van der Waals surface area contributed by atoms with Gasteiger partial charge in [0.1, 0.15) is 5.69 Å². The molecule has 2 aliphatic heterocycles. The molecular formula is C15H22N4O2. The van der Waals surface area contributed by atoms with Crippen LogP contribution in [0.1, 0.15) is 12.8 Å². The molecule has 2 unspecified atom stereocenters. The van der Waals surface area contributed by atoms with E-state index in [0.29, 0.717) is 23.5 Å². The minimum absolute atomic E-state index is 0.0608. The van der Waals surface area contributed by atoms with Gasteiger partial charge < -0.3 is 19.9 Å². The van der Waals surface area contributed by atoms with E-state index in [1.807, 2.05) is 4.90 Å². The smallest absolute Gasteiger partial charge is 0.322 e. The monoisotopic (exact) mass is 290 g/mol. The summed E-state index contributed by atoms with van der Waals surface area (Å²) in [7, 11) is 3.73. The van der Waals surface area contributed by atoms with Crippen molar-refractivity contribution in [1.29, 1.82) is 0 Å². The van der Waals surface area contributed by atoms with Crippen molar-refractivity contribution in [2.45, 2.75) is 18.9 Å². The van der Waals surface area contributed by atoms with Gasteiger partial charge in [0.05, 0.1) is 7.11 Å². The molecular weight excluding hydrogens is 268 g/mol. The summed E-state index contributed by atoms with van der Waals surface area (Å²) in [5.41, 5.74) is 0.621. The molecule has 6 heteroatoms. The Morgan fingerprint density at radius 2 is 2.29 bits per heavy atom. The molecule has 2 saturated heterocycles. The largest absolute Gasteiger partial charge is 0.480 e. The average Bonchev–Trinajstić information content (AvgIpc) is 2.88. The maximum atomic E-state index is 12.4. The van der Waals surface area contributed by atoms with Crippen molar-refractivity contribution in [1.82, 2.24) is 14.8 Å². The van der Waals surface area contributed by atoms with Crippen LogP contribution in [0.25, 0.3) is 0 Å². The van der Waals surface area contributed by atoms with Crippen LogP contribution in [0, 0.1) is 5.92 Å². The van der Waals surface area contributed by atoms with Crippen LogP contribution in [0.3, 0.4) is 0 Å². The standard InChI is InChI=1S/C15H22N4O2/c1-18-8-5-11-10-19(9-6-13(11)18)15(20)17-12-4-3-7-16-14(12)21-2/h3-4,7,11,13H,5-6,8-10H2,1-2H3,(H,17,20). The second-order valence-electron chi connectivity index (χ2n) is 5.82. The zero-order valence-corrected chi connectivity index (χ0v) is 12.6. The maximum absolute atomic E-state index is 12.4. The number of fused-ring (bicyclic) bond motifs is 1. The molecule has 1 aromatic rings. The first-order chi connectivity index (χ1) is 10.2. The molecule has 2 amide bonds. The van der Waals surface area contributed by atoms with Crippen LogP contribution in [0.5, 0.6) is 5.88 Å². The first-order valence-corrected chi connectivity index (χ1v) is 7.44. The number of ether oxygens (including phenoxy) is 1. The van der Waals surface area contributed by atoms with Crippen molar-refractivity contribution >= 4 is 11.7 Å². The maximum Gasteiger partial charge on any atom is 0.322 e. The summed E-state index contributed by atoms with van der Waals surface area (Å²) in [6.45, 7) is 2.78. The number of pyridine rings is 1. The van der Waals surface area contributed by atoms with Crippen LogP contribution in [0.15, 0.2) is 18.3 Å². The SMILES string of the molecule is COc1ncccc1NC(=O)N1CCC2C(CCN2C)C1. The van der Waals surface area contributed by atoms with Crippen molar-refractivity contribution in [2.24, 2.45) is 5.92 Å². The van der Waals surface area contributed by atoms with Gasteiger partial charge in [-0.25, -0.2) is 9.78 Å². The van der Waals surface area contributed by atoms with Crippen LogP contribution < -0.4 is 10.1 Å². The summed E-state index contributed by atoms with van der Waals surface area (Å²) in [5, 5.41) is 2.91.